The number of carbonyl (C=O) groups is 1. The molecule has 2 aromatic heterocycles. The fourth-order valence-electron chi connectivity index (χ4n) is 2.49. The maximum Gasteiger partial charge on any atom is 0.270 e. The van der Waals surface area contributed by atoms with Gasteiger partial charge >= 0.3 is 0 Å². The molecule has 0 saturated heterocycles. The Kier molecular flexibility index (Phi) is 3.54. The zero-order valence-corrected chi connectivity index (χ0v) is 12.7. The number of rotatable bonds is 4. The second kappa shape index (κ2) is 5.38. The predicted octanol–water partition coefficient (Wildman–Crippen LogP) is 2.65. The second-order valence-corrected chi connectivity index (χ2v) is 6.62. The van der Waals surface area contributed by atoms with Gasteiger partial charge in [-0.2, -0.15) is 0 Å². The van der Waals surface area contributed by atoms with E-state index in [1.807, 2.05) is 13.0 Å². The Morgan fingerprint density at radius 1 is 1.18 bits per heavy atom. The summed E-state index contributed by atoms with van der Waals surface area (Å²) in [6, 6.07) is 11.4. The highest BCUT2D eigenvalue weighted by atomic mass is 32.2. The summed E-state index contributed by atoms with van der Waals surface area (Å²) in [6.45, 7) is 1.97. The molecule has 0 aliphatic heterocycles. The monoisotopic (exact) mass is 314 g/mol. The number of aryl methyl sites for hydroxylation is 1. The minimum absolute atomic E-state index is 0.0762. The number of hydrogen-bond donors (Lipinski definition) is 0. The maximum atomic E-state index is 12.9. The number of aromatic nitrogens is 2. The van der Waals surface area contributed by atoms with Gasteiger partial charge in [0.25, 0.3) is 10.0 Å². The van der Waals surface area contributed by atoms with Crippen molar-refractivity contribution in [2.75, 3.05) is 0 Å². The van der Waals surface area contributed by atoms with Crippen LogP contribution in [0.15, 0.2) is 53.6 Å². The number of benzene rings is 1. The van der Waals surface area contributed by atoms with Crippen molar-refractivity contribution < 1.29 is 13.2 Å². The Morgan fingerprint density at radius 2 is 1.91 bits per heavy atom. The Hall–Kier alpha value is -2.47. The van der Waals surface area contributed by atoms with Crippen LogP contribution in [0, 0.1) is 0 Å². The summed E-state index contributed by atoms with van der Waals surface area (Å²) in [7, 11) is -3.87. The van der Waals surface area contributed by atoms with E-state index >= 15 is 0 Å². The molecule has 0 N–H and O–H groups in total. The number of pyridine rings is 1. The molecule has 6 heteroatoms. The van der Waals surface area contributed by atoms with Crippen LogP contribution in [-0.4, -0.2) is 23.7 Å². The fraction of sp³-hybridized carbons (Fsp3) is 0.125. The molecule has 0 radical (unpaired) electrons. The molecule has 0 saturated carbocycles. The first kappa shape index (κ1) is 14.5. The lowest BCUT2D eigenvalue weighted by Crippen LogP contribution is -2.16. The van der Waals surface area contributed by atoms with Crippen molar-refractivity contribution in [2.45, 2.75) is 18.2 Å². The predicted molar refractivity (Wildman–Crippen MR) is 83.5 cm³/mol. The first-order chi connectivity index (χ1) is 10.6. The van der Waals surface area contributed by atoms with Gasteiger partial charge in [0, 0.05) is 11.6 Å². The van der Waals surface area contributed by atoms with Gasteiger partial charge in [0.2, 0.25) is 0 Å². The van der Waals surface area contributed by atoms with E-state index in [9.17, 15) is 13.2 Å². The van der Waals surface area contributed by atoms with Gasteiger partial charge in [0.05, 0.1) is 10.6 Å². The number of nitrogens with zero attached hydrogens (tertiary/aromatic N) is 2. The summed E-state index contributed by atoms with van der Waals surface area (Å²) < 4.78 is 26.7. The molecule has 0 bridgehead atoms. The zero-order valence-electron chi connectivity index (χ0n) is 11.9. The number of carbonyl (C=O) groups excluding carboxylic acids is 1. The Bertz CT molecular complexity index is 944. The third-order valence-electron chi connectivity index (χ3n) is 3.56. The number of fused-ring (bicyclic) bond motifs is 1. The van der Waals surface area contributed by atoms with Crippen molar-refractivity contribution in [3.05, 3.63) is 59.9 Å². The minimum Gasteiger partial charge on any atom is -0.296 e. The molecule has 2 heterocycles. The molecule has 0 amide bonds. The summed E-state index contributed by atoms with van der Waals surface area (Å²) in [5, 5.41) is 0.687. The average Bonchev–Trinajstić information content (AvgIpc) is 2.94. The van der Waals surface area contributed by atoms with E-state index in [0.29, 0.717) is 11.7 Å². The molecular formula is C16H14N2O3S. The van der Waals surface area contributed by atoms with Crippen molar-refractivity contribution in [1.29, 1.82) is 0 Å². The highest BCUT2D eigenvalue weighted by Gasteiger charge is 2.24. The van der Waals surface area contributed by atoms with Gasteiger partial charge in [-0.15, -0.1) is 0 Å². The Balaban J connectivity index is 2.38. The molecule has 112 valence electrons. The molecule has 0 unspecified atom stereocenters. The van der Waals surface area contributed by atoms with Crippen molar-refractivity contribution >= 4 is 27.3 Å². The normalized spacial score (nSPS) is 11.7. The lowest BCUT2D eigenvalue weighted by atomic mass is 10.1. The highest BCUT2D eigenvalue weighted by molar-refractivity contribution is 7.90. The molecule has 0 fully saturated rings. The molecule has 0 aliphatic carbocycles. The lowest BCUT2D eigenvalue weighted by molar-refractivity contribution is 0.111. The van der Waals surface area contributed by atoms with Crippen molar-refractivity contribution in [3.8, 4) is 0 Å². The minimum atomic E-state index is -3.87. The van der Waals surface area contributed by atoms with Gasteiger partial charge in [-0.05, 0) is 36.2 Å². The van der Waals surface area contributed by atoms with Gasteiger partial charge in [0.1, 0.15) is 0 Å². The average molecular weight is 314 g/mol. The Labute approximate surface area is 128 Å². The molecule has 3 rings (SSSR count). The zero-order chi connectivity index (χ0) is 15.7. The van der Waals surface area contributed by atoms with Crippen molar-refractivity contribution in [2.24, 2.45) is 0 Å². The van der Waals surface area contributed by atoms with E-state index in [2.05, 4.69) is 4.98 Å². The summed E-state index contributed by atoms with van der Waals surface area (Å²) in [6.07, 6.45) is 2.83. The van der Waals surface area contributed by atoms with E-state index in [-0.39, 0.29) is 16.2 Å². The van der Waals surface area contributed by atoms with Crippen LogP contribution in [0.3, 0.4) is 0 Å². The lowest BCUT2D eigenvalue weighted by Gasteiger charge is -2.09. The highest BCUT2D eigenvalue weighted by Crippen LogP contribution is 2.26. The van der Waals surface area contributed by atoms with Gasteiger partial charge in [-0.3, -0.25) is 4.79 Å². The molecule has 0 aliphatic rings. The fourth-order valence-corrected chi connectivity index (χ4v) is 3.95. The van der Waals surface area contributed by atoms with Crippen LogP contribution in [0.2, 0.25) is 0 Å². The van der Waals surface area contributed by atoms with Gasteiger partial charge in [0.15, 0.2) is 11.9 Å². The van der Waals surface area contributed by atoms with Crippen LogP contribution in [0.4, 0.5) is 0 Å². The van der Waals surface area contributed by atoms with Crippen molar-refractivity contribution in [3.63, 3.8) is 0 Å². The summed E-state index contributed by atoms with van der Waals surface area (Å²) in [5.41, 5.74) is 1.31. The van der Waals surface area contributed by atoms with Gasteiger partial charge in [-0.25, -0.2) is 17.4 Å². The second-order valence-electron chi connectivity index (χ2n) is 4.83. The molecule has 0 atom stereocenters. The SMILES string of the molecule is CCc1ccnc2c1cc(C=O)n2S(=O)(=O)c1ccccc1. The van der Waals surface area contributed by atoms with E-state index < -0.39 is 10.0 Å². The molecule has 3 aromatic rings. The smallest absolute Gasteiger partial charge is 0.270 e. The largest absolute Gasteiger partial charge is 0.296 e. The summed E-state index contributed by atoms with van der Waals surface area (Å²) in [5.74, 6) is 0. The third-order valence-corrected chi connectivity index (χ3v) is 5.29. The topological polar surface area (TPSA) is 69.0 Å². The van der Waals surface area contributed by atoms with E-state index in [0.717, 1.165) is 16.0 Å². The van der Waals surface area contributed by atoms with Gasteiger partial charge < -0.3 is 0 Å². The molecule has 1 aromatic carbocycles. The number of aldehydes is 1. The van der Waals surface area contributed by atoms with Gasteiger partial charge in [-0.1, -0.05) is 25.1 Å². The van der Waals surface area contributed by atoms with E-state index in [1.54, 1.807) is 30.5 Å². The van der Waals surface area contributed by atoms with Crippen LogP contribution in [0.1, 0.15) is 23.0 Å². The quantitative estimate of drug-likeness (QED) is 0.694. The number of hydrogen-bond acceptors (Lipinski definition) is 4. The summed E-state index contributed by atoms with van der Waals surface area (Å²) >= 11 is 0. The van der Waals surface area contributed by atoms with E-state index in [1.165, 1.54) is 12.1 Å². The molecule has 22 heavy (non-hydrogen) atoms. The third kappa shape index (κ3) is 2.12. The van der Waals surface area contributed by atoms with Crippen LogP contribution in [-0.2, 0) is 16.4 Å². The van der Waals surface area contributed by atoms with E-state index in [4.69, 9.17) is 0 Å². The molecule has 5 nitrogen and oxygen atoms in total. The maximum absolute atomic E-state index is 12.9. The molecule has 0 spiro atoms. The first-order valence-electron chi connectivity index (χ1n) is 6.84. The van der Waals surface area contributed by atoms with Crippen LogP contribution < -0.4 is 0 Å². The first-order valence-corrected chi connectivity index (χ1v) is 8.28. The van der Waals surface area contributed by atoms with Crippen LogP contribution in [0.5, 0.6) is 0 Å². The van der Waals surface area contributed by atoms with Crippen LogP contribution in [0.25, 0.3) is 11.0 Å². The Morgan fingerprint density at radius 3 is 2.55 bits per heavy atom. The summed E-state index contributed by atoms with van der Waals surface area (Å²) in [4.78, 5) is 15.7. The van der Waals surface area contributed by atoms with Crippen LogP contribution >= 0.6 is 0 Å². The van der Waals surface area contributed by atoms with Crippen molar-refractivity contribution in [1.82, 2.24) is 8.96 Å². The standard InChI is InChI=1S/C16H14N2O3S/c1-2-12-8-9-17-16-15(12)10-13(11-19)18(16)22(20,21)14-6-4-3-5-7-14/h3-11H,2H2,1H3. The molecular weight excluding hydrogens is 300 g/mol.